The molecular formula is C39H46N2O4. The van der Waals surface area contributed by atoms with Crippen LogP contribution in [0.1, 0.15) is 80.0 Å². The largest absolute Gasteiger partial charge is 0.507 e. The quantitative estimate of drug-likeness (QED) is 0.0776. The van der Waals surface area contributed by atoms with Crippen molar-refractivity contribution in [3.05, 3.63) is 119 Å². The van der Waals surface area contributed by atoms with Crippen LogP contribution in [0.4, 0.5) is 0 Å². The van der Waals surface area contributed by atoms with E-state index in [-0.39, 0.29) is 11.5 Å². The van der Waals surface area contributed by atoms with E-state index in [1.54, 1.807) is 24.6 Å². The van der Waals surface area contributed by atoms with Gasteiger partial charge in [-0.3, -0.25) is 9.98 Å². The van der Waals surface area contributed by atoms with Crippen molar-refractivity contribution < 1.29 is 19.7 Å². The lowest BCUT2D eigenvalue weighted by atomic mass is 10.1. The molecule has 6 heteroatoms. The number of ether oxygens (including phenoxy) is 2. The van der Waals surface area contributed by atoms with E-state index in [9.17, 15) is 10.2 Å². The summed E-state index contributed by atoms with van der Waals surface area (Å²) in [5.41, 5.74) is 3.61. The predicted octanol–water partition coefficient (Wildman–Crippen LogP) is 9.30. The number of rotatable bonds is 20. The number of phenolic OH excluding ortho intramolecular Hbond substituents is 2. The molecule has 0 unspecified atom stereocenters. The van der Waals surface area contributed by atoms with Gasteiger partial charge in [-0.25, -0.2) is 0 Å². The van der Waals surface area contributed by atoms with Crippen LogP contribution in [0.2, 0.25) is 0 Å². The van der Waals surface area contributed by atoms with Gasteiger partial charge >= 0.3 is 0 Å². The summed E-state index contributed by atoms with van der Waals surface area (Å²) in [4.78, 5) is 8.99. The Hall–Kier alpha value is -4.58. The van der Waals surface area contributed by atoms with Crippen molar-refractivity contribution in [2.75, 3.05) is 13.1 Å². The first-order valence-corrected chi connectivity index (χ1v) is 16.2. The Morgan fingerprint density at radius 2 is 0.844 bits per heavy atom. The molecule has 4 aromatic rings. The molecule has 0 aliphatic carbocycles. The fraction of sp³-hybridized carbons (Fsp3) is 0.333. The minimum atomic E-state index is 0.186. The number of nitrogens with zero attached hydrogens (tertiary/aromatic N) is 2. The van der Waals surface area contributed by atoms with Gasteiger partial charge in [-0.2, -0.15) is 0 Å². The highest BCUT2D eigenvalue weighted by atomic mass is 16.5. The van der Waals surface area contributed by atoms with Crippen molar-refractivity contribution in [1.82, 2.24) is 0 Å². The van der Waals surface area contributed by atoms with Crippen LogP contribution in [0.25, 0.3) is 0 Å². The summed E-state index contributed by atoms with van der Waals surface area (Å²) in [6.45, 7) is 2.49. The topological polar surface area (TPSA) is 83.6 Å². The van der Waals surface area contributed by atoms with Crippen molar-refractivity contribution in [3.8, 4) is 23.0 Å². The average molecular weight is 607 g/mol. The molecule has 0 saturated carbocycles. The van der Waals surface area contributed by atoms with Crippen LogP contribution >= 0.6 is 0 Å². The highest BCUT2D eigenvalue weighted by molar-refractivity contribution is 5.84. The van der Waals surface area contributed by atoms with Crippen molar-refractivity contribution in [1.29, 1.82) is 0 Å². The maximum absolute atomic E-state index is 10.3. The van der Waals surface area contributed by atoms with E-state index in [1.165, 1.54) is 44.9 Å². The Balaban J connectivity index is 0.970. The fourth-order valence-electron chi connectivity index (χ4n) is 4.90. The molecule has 0 saturated heterocycles. The highest BCUT2D eigenvalue weighted by Gasteiger charge is 2.04. The number of benzene rings is 4. The van der Waals surface area contributed by atoms with Crippen LogP contribution in [0.15, 0.2) is 107 Å². The first kappa shape index (κ1) is 33.3. The third kappa shape index (κ3) is 12.9. The maximum Gasteiger partial charge on any atom is 0.128 e. The Morgan fingerprint density at radius 3 is 1.22 bits per heavy atom. The normalized spacial score (nSPS) is 11.4. The third-order valence-corrected chi connectivity index (χ3v) is 7.54. The summed E-state index contributed by atoms with van der Waals surface area (Å²) in [6.07, 6.45) is 14.2. The molecule has 0 aromatic heterocycles. The number of hydrogen-bond donors (Lipinski definition) is 2. The van der Waals surface area contributed by atoms with E-state index < -0.39 is 0 Å². The molecule has 0 heterocycles. The molecule has 0 radical (unpaired) electrons. The van der Waals surface area contributed by atoms with Crippen molar-refractivity contribution >= 4 is 12.4 Å². The lowest BCUT2D eigenvalue weighted by molar-refractivity contribution is 0.304. The summed E-state index contributed by atoms with van der Waals surface area (Å²) >= 11 is 0. The molecule has 4 aromatic carbocycles. The molecule has 236 valence electrons. The van der Waals surface area contributed by atoms with Gasteiger partial charge in [-0.1, -0.05) is 106 Å². The maximum atomic E-state index is 10.3. The molecule has 0 atom stereocenters. The molecule has 45 heavy (non-hydrogen) atoms. The third-order valence-electron chi connectivity index (χ3n) is 7.54. The van der Waals surface area contributed by atoms with Crippen LogP contribution in [0.5, 0.6) is 23.0 Å². The zero-order chi connectivity index (χ0) is 31.4. The Labute approximate surface area is 268 Å². The molecule has 0 bridgehead atoms. The van der Waals surface area contributed by atoms with E-state index in [0.29, 0.717) is 35.8 Å². The summed E-state index contributed by atoms with van der Waals surface area (Å²) in [5, 5.41) is 20.6. The van der Waals surface area contributed by atoms with Crippen LogP contribution < -0.4 is 9.47 Å². The van der Waals surface area contributed by atoms with E-state index in [0.717, 1.165) is 37.1 Å². The van der Waals surface area contributed by atoms with Gasteiger partial charge in [0.1, 0.15) is 36.2 Å². The van der Waals surface area contributed by atoms with Crippen LogP contribution in [0.3, 0.4) is 0 Å². The second kappa shape index (κ2) is 19.6. The molecule has 0 amide bonds. The minimum absolute atomic E-state index is 0.186. The Kier molecular flexibility index (Phi) is 14.5. The highest BCUT2D eigenvalue weighted by Crippen LogP contribution is 2.24. The molecule has 4 rings (SSSR count). The molecule has 0 aliphatic heterocycles. The smallest absolute Gasteiger partial charge is 0.128 e. The number of aliphatic imine (C=N–C) groups is 2. The summed E-state index contributed by atoms with van der Waals surface area (Å²) in [6, 6.07) is 30.7. The number of aromatic hydroxyl groups is 2. The number of hydrogen-bond acceptors (Lipinski definition) is 6. The van der Waals surface area contributed by atoms with Crippen LogP contribution in [-0.4, -0.2) is 35.7 Å². The van der Waals surface area contributed by atoms with Gasteiger partial charge in [0.05, 0.1) is 0 Å². The van der Waals surface area contributed by atoms with Gasteiger partial charge in [0.15, 0.2) is 0 Å². The van der Waals surface area contributed by atoms with Gasteiger partial charge in [0.2, 0.25) is 0 Å². The lowest BCUT2D eigenvalue weighted by Gasteiger charge is -2.08. The monoisotopic (exact) mass is 606 g/mol. The first-order valence-electron chi connectivity index (χ1n) is 16.2. The second-order valence-electron chi connectivity index (χ2n) is 11.2. The van der Waals surface area contributed by atoms with Gasteiger partial charge in [-0.05, 0) is 48.2 Å². The van der Waals surface area contributed by atoms with Crippen molar-refractivity contribution in [2.45, 2.75) is 71.0 Å². The Morgan fingerprint density at radius 1 is 0.467 bits per heavy atom. The summed E-state index contributed by atoms with van der Waals surface area (Å²) in [7, 11) is 0. The van der Waals surface area contributed by atoms with E-state index >= 15 is 0 Å². The van der Waals surface area contributed by atoms with Crippen molar-refractivity contribution in [3.63, 3.8) is 0 Å². The van der Waals surface area contributed by atoms with E-state index in [2.05, 4.69) is 9.98 Å². The molecule has 0 spiro atoms. The van der Waals surface area contributed by atoms with E-state index in [1.807, 2.05) is 84.9 Å². The number of phenols is 2. The Bertz CT molecular complexity index is 1340. The van der Waals surface area contributed by atoms with Gasteiger partial charge in [0, 0.05) is 48.8 Å². The fourth-order valence-corrected chi connectivity index (χ4v) is 4.90. The molecule has 6 nitrogen and oxygen atoms in total. The number of unbranched alkanes of at least 4 members (excludes halogenated alkanes) is 8. The van der Waals surface area contributed by atoms with Gasteiger partial charge < -0.3 is 19.7 Å². The summed E-state index contributed by atoms with van der Waals surface area (Å²) in [5.74, 6) is 1.66. The van der Waals surface area contributed by atoms with E-state index in [4.69, 9.17) is 9.47 Å². The SMILES string of the molecule is Oc1cc(OCc2ccccc2)ccc1C=NCCCCCCCCCCCN=Cc1ccc(OCc2ccccc2)cc1O. The molecule has 0 fully saturated rings. The van der Waals surface area contributed by atoms with Crippen LogP contribution in [0, 0.1) is 0 Å². The molecular weight excluding hydrogens is 560 g/mol. The average Bonchev–Trinajstić information content (AvgIpc) is 3.07. The predicted molar refractivity (Wildman–Crippen MR) is 184 cm³/mol. The van der Waals surface area contributed by atoms with Crippen LogP contribution in [-0.2, 0) is 13.2 Å². The zero-order valence-corrected chi connectivity index (χ0v) is 26.2. The lowest BCUT2D eigenvalue weighted by Crippen LogP contribution is -1.95. The zero-order valence-electron chi connectivity index (χ0n) is 26.2. The molecule has 0 aliphatic rings. The minimum Gasteiger partial charge on any atom is -0.507 e. The van der Waals surface area contributed by atoms with Gasteiger partial charge in [0.25, 0.3) is 0 Å². The molecule has 2 N–H and O–H groups in total. The first-order chi connectivity index (χ1) is 22.2. The second-order valence-corrected chi connectivity index (χ2v) is 11.2. The van der Waals surface area contributed by atoms with Crippen molar-refractivity contribution in [2.24, 2.45) is 9.98 Å². The summed E-state index contributed by atoms with van der Waals surface area (Å²) < 4.78 is 11.5. The van der Waals surface area contributed by atoms with Gasteiger partial charge in [-0.15, -0.1) is 0 Å². The standard InChI is InChI=1S/C39H46N2O4/c42-38-26-36(44-30-32-16-10-8-11-17-32)22-20-34(38)28-40-24-14-6-4-2-1-3-5-7-15-25-41-29-35-21-23-37(27-39(35)43)45-31-33-18-12-9-13-19-33/h8-13,16-23,26-29,42-43H,1-7,14-15,24-25,30-31H2.